The van der Waals surface area contributed by atoms with Gasteiger partial charge in [-0.1, -0.05) is 12.1 Å². The normalized spacial score (nSPS) is 9.93. The van der Waals surface area contributed by atoms with Crippen LogP contribution in [0.1, 0.15) is 11.1 Å². The third-order valence-corrected chi connectivity index (χ3v) is 2.29. The van der Waals surface area contributed by atoms with E-state index in [-0.39, 0.29) is 0 Å². The van der Waals surface area contributed by atoms with Crippen LogP contribution in [0, 0.1) is 12.3 Å². The molecule has 3 nitrogen and oxygen atoms in total. The predicted octanol–water partition coefficient (Wildman–Crippen LogP) is 2.45. The highest BCUT2D eigenvalue weighted by atomic mass is 14.8. The maximum Gasteiger partial charge on any atom is 0.0885 e. The van der Waals surface area contributed by atoms with Crippen molar-refractivity contribution in [3.05, 3.63) is 47.9 Å². The van der Waals surface area contributed by atoms with Crippen LogP contribution >= 0.6 is 0 Å². The fourth-order valence-electron chi connectivity index (χ4n) is 1.40. The van der Waals surface area contributed by atoms with E-state index >= 15 is 0 Å². The summed E-state index contributed by atoms with van der Waals surface area (Å²) in [6.45, 7) is 1.99. The molecule has 0 bridgehead atoms. The second-order valence-electron chi connectivity index (χ2n) is 3.31. The Labute approximate surface area is 88.3 Å². The largest absolute Gasteiger partial charge is 0.308 e. The van der Waals surface area contributed by atoms with Crippen LogP contribution in [0.2, 0.25) is 0 Å². The molecule has 0 aliphatic rings. The fraction of sp³-hybridized carbons (Fsp3) is 0.0833. The summed E-state index contributed by atoms with van der Waals surface area (Å²) in [6.07, 6.45) is 6.39. The van der Waals surface area contributed by atoms with Gasteiger partial charge in [-0.2, -0.15) is 0 Å². The van der Waals surface area contributed by atoms with E-state index in [0.29, 0.717) is 0 Å². The summed E-state index contributed by atoms with van der Waals surface area (Å²) in [4.78, 5) is 8.24. The van der Waals surface area contributed by atoms with Crippen LogP contribution in [0.25, 0.3) is 11.3 Å². The van der Waals surface area contributed by atoms with E-state index in [1.807, 2.05) is 25.1 Å². The molecule has 2 rings (SSSR count). The van der Waals surface area contributed by atoms with Gasteiger partial charge in [-0.25, -0.2) is 0 Å². The van der Waals surface area contributed by atoms with Gasteiger partial charge in [0.1, 0.15) is 0 Å². The summed E-state index contributed by atoms with van der Waals surface area (Å²) in [5.41, 5.74) is 3.84. The number of benzene rings is 1. The number of nitrogens with one attached hydrogen (secondary N) is 1. The van der Waals surface area contributed by atoms with Crippen LogP contribution in [-0.4, -0.2) is 16.2 Å². The Morgan fingerprint density at radius 1 is 1.27 bits per heavy atom. The van der Waals surface area contributed by atoms with Gasteiger partial charge in [0.15, 0.2) is 0 Å². The highest BCUT2D eigenvalue weighted by molar-refractivity contribution is 5.81. The summed E-state index contributed by atoms with van der Waals surface area (Å²) in [6, 6.07) is 5.93. The Morgan fingerprint density at radius 3 is 2.80 bits per heavy atom. The third kappa shape index (κ3) is 1.91. The minimum absolute atomic E-state index is 0.834. The van der Waals surface area contributed by atoms with E-state index in [4.69, 9.17) is 5.41 Å². The molecule has 0 saturated heterocycles. The van der Waals surface area contributed by atoms with E-state index in [0.717, 1.165) is 22.4 Å². The predicted molar refractivity (Wildman–Crippen MR) is 60.1 cm³/mol. The molecule has 1 N–H and O–H groups in total. The van der Waals surface area contributed by atoms with E-state index < -0.39 is 0 Å². The monoisotopic (exact) mass is 197 g/mol. The molecule has 1 aromatic heterocycles. The van der Waals surface area contributed by atoms with E-state index in [2.05, 4.69) is 9.97 Å². The summed E-state index contributed by atoms with van der Waals surface area (Å²) < 4.78 is 0. The zero-order chi connectivity index (χ0) is 10.7. The SMILES string of the molecule is Cc1ccc(-c2cnccn2)cc1C=N. The number of rotatable bonds is 2. The van der Waals surface area contributed by atoms with Crippen molar-refractivity contribution in [3.8, 4) is 11.3 Å². The second kappa shape index (κ2) is 4.00. The third-order valence-electron chi connectivity index (χ3n) is 2.29. The van der Waals surface area contributed by atoms with E-state index in [9.17, 15) is 0 Å². The lowest BCUT2D eigenvalue weighted by Gasteiger charge is -2.03. The lowest BCUT2D eigenvalue weighted by molar-refractivity contribution is 1.20. The zero-order valence-electron chi connectivity index (χ0n) is 8.44. The van der Waals surface area contributed by atoms with Gasteiger partial charge in [-0.15, -0.1) is 0 Å². The highest BCUT2D eigenvalue weighted by Crippen LogP contribution is 2.18. The number of aromatic nitrogens is 2. The van der Waals surface area contributed by atoms with E-state index in [1.54, 1.807) is 18.6 Å². The van der Waals surface area contributed by atoms with Gasteiger partial charge in [0.25, 0.3) is 0 Å². The van der Waals surface area contributed by atoms with Crippen LogP contribution in [-0.2, 0) is 0 Å². The van der Waals surface area contributed by atoms with Crippen LogP contribution in [0.15, 0.2) is 36.8 Å². The molecule has 0 atom stereocenters. The fourth-order valence-corrected chi connectivity index (χ4v) is 1.40. The average Bonchev–Trinajstić information content (AvgIpc) is 2.31. The molecule has 2 aromatic rings. The molecule has 1 heterocycles. The van der Waals surface area contributed by atoms with Crippen LogP contribution in [0.3, 0.4) is 0 Å². The molecule has 0 spiro atoms. The molecule has 0 aliphatic carbocycles. The van der Waals surface area contributed by atoms with Crippen LogP contribution in [0.5, 0.6) is 0 Å². The van der Waals surface area contributed by atoms with Crippen molar-refractivity contribution in [2.24, 2.45) is 0 Å². The Hall–Kier alpha value is -2.03. The standard InChI is InChI=1S/C12H11N3/c1-9-2-3-10(6-11(9)7-13)12-8-14-4-5-15-12/h2-8,13H,1H3. The van der Waals surface area contributed by atoms with Gasteiger partial charge in [-0.3, -0.25) is 9.97 Å². The molecule has 74 valence electrons. The lowest BCUT2D eigenvalue weighted by Crippen LogP contribution is -1.89. The van der Waals surface area contributed by atoms with Gasteiger partial charge < -0.3 is 5.41 Å². The first-order valence-electron chi connectivity index (χ1n) is 4.69. The van der Waals surface area contributed by atoms with Crippen molar-refractivity contribution in [1.82, 2.24) is 9.97 Å². The Kier molecular flexibility index (Phi) is 2.54. The molecule has 0 unspecified atom stereocenters. The smallest absolute Gasteiger partial charge is 0.0885 e. The van der Waals surface area contributed by atoms with Crippen molar-refractivity contribution < 1.29 is 0 Å². The molecule has 0 amide bonds. The van der Waals surface area contributed by atoms with Gasteiger partial charge in [-0.05, 0) is 24.1 Å². The first-order chi connectivity index (χ1) is 7.31. The number of hydrogen-bond donors (Lipinski definition) is 1. The van der Waals surface area contributed by atoms with Gasteiger partial charge in [0, 0.05) is 24.2 Å². The van der Waals surface area contributed by atoms with Gasteiger partial charge in [0.2, 0.25) is 0 Å². The maximum absolute atomic E-state index is 7.28. The van der Waals surface area contributed by atoms with Crippen molar-refractivity contribution in [3.63, 3.8) is 0 Å². The number of nitrogens with zero attached hydrogens (tertiary/aromatic N) is 2. The molecule has 3 heteroatoms. The topological polar surface area (TPSA) is 49.6 Å². The molecular formula is C12H11N3. The minimum atomic E-state index is 0.834. The first kappa shape index (κ1) is 9.52. The summed E-state index contributed by atoms with van der Waals surface area (Å²) in [5.74, 6) is 0. The quantitative estimate of drug-likeness (QED) is 0.752. The molecule has 15 heavy (non-hydrogen) atoms. The summed E-state index contributed by atoms with van der Waals surface area (Å²) in [7, 11) is 0. The van der Waals surface area contributed by atoms with E-state index in [1.165, 1.54) is 6.21 Å². The molecule has 1 aromatic carbocycles. The molecule has 0 radical (unpaired) electrons. The van der Waals surface area contributed by atoms with Crippen LogP contribution < -0.4 is 0 Å². The Balaban J connectivity index is 2.51. The van der Waals surface area contributed by atoms with Gasteiger partial charge >= 0.3 is 0 Å². The first-order valence-corrected chi connectivity index (χ1v) is 4.69. The Bertz CT molecular complexity index is 477. The van der Waals surface area contributed by atoms with Gasteiger partial charge in [0.05, 0.1) is 11.9 Å². The van der Waals surface area contributed by atoms with Crippen molar-refractivity contribution in [2.75, 3.05) is 0 Å². The summed E-state index contributed by atoms with van der Waals surface area (Å²) in [5, 5.41) is 7.28. The molecule has 0 saturated carbocycles. The second-order valence-corrected chi connectivity index (χ2v) is 3.31. The van der Waals surface area contributed by atoms with Crippen molar-refractivity contribution in [2.45, 2.75) is 6.92 Å². The van der Waals surface area contributed by atoms with Crippen molar-refractivity contribution >= 4 is 6.21 Å². The minimum Gasteiger partial charge on any atom is -0.308 e. The Morgan fingerprint density at radius 2 is 2.13 bits per heavy atom. The zero-order valence-corrected chi connectivity index (χ0v) is 8.44. The molecule has 0 aliphatic heterocycles. The molecular weight excluding hydrogens is 186 g/mol. The molecule has 0 fully saturated rings. The lowest BCUT2D eigenvalue weighted by atomic mass is 10.0. The summed E-state index contributed by atoms with van der Waals surface area (Å²) >= 11 is 0. The van der Waals surface area contributed by atoms with Crippen LogP contribution in [0.4, 0.5) is 0 Å². The highest BCUT2D eigenvalue weighted by Gasteiger charge is 2.01. The van der Waals surface area contributed by atoms with Crippen molar-refractivity contribution in [1.29, 1.82) is 5.41 Å². The number of aryl methyl sites for hydroxylation is 1. The maximum atomic E-state index is 7.28. The average molecular weight is 197 g/mol. The number of hydrogen-bond acceptors (Lipinski definition) is 3.